The molecule has 0 bridgehead atoms. The maximum atomic E-state index is 12.3. The standard InChI is InChI=1S/C14H18F3N3O2S/c1-9-8-23-11(19-9)2-5-18-12(21)10-3-6-20(7-4-10)13(22)14(15,16)17/h8,10H,2-7H2,1H3,(H,18,21). The molecule has 128 valence electrons. The van der Waals surface area contributed by atoms with Gasteiger partial charge in [0.25, 0.3) is 0 Å². The molecule has 1 aromatic rings. The molecule has 0 radical (unpaired) electrons. The lowest BCUT2D eigenvalue weighted by atomic mass is 9.96. The Balaban J connectivity index is 1.72. The van der Waals surface area contributed by atoms with E-state index >= 15 is 0 Å². The van der Waals surface area contributed by atoms with Gasteiger partial charge < -0.3 is 10.2 Å². The lowest BCUT2D eigenvalue weighted by Crippen LogP contribution is -2.47. The number of thiazole rings is 1. The molecule has 1 N–H and O–H groups in total. The van der Waals surface area contributed by atoms with Crippen molar-refractivity contribution >= 4 is 23.2 Å². The van der Waals surface area contributed by atoms with Gasteiger partial charge >= 0.3 is 12.1 Å². The van der Waals surface area contributed by atoms with E-state index in [1.54, 1.807) is 0 Å². The minimum Gasteiger partial charge on any atom is -0.355 e. The molecule has 1 aliphatic rings. The predicted molar refractivity (Wildman–Crippen MR) is 78.9 cm³/mol. The van der Waals surface area contributed by atoms with E-state index in [0.717, 1.165) is 15.6 Å². The van der Waals surface area contributed by atoms with Gasteiger partial charge in [-0.2, -0.15) is 13.2 Å². The summed E-state index contributed by atoms with van der Waals surface area (Å²) in [7, 11) is 0. The fourth-order valence-corrected chi connectivity index (χ4v) is 3.25. The molecule has 0 unspecified atom stereocenters. The van der Waals surface area contributed by atoms with Gasteiger partial charge in [-0.1, -0.05) is 0 Å². The van der Waals surface area contributed by atoms with Gasteiger partial charge in [0.15, 0.2) is 0 Å². The molecule has 0 spiro atoms. The van der Waals surface area contributed by atoms with Crippen LogP contribution >= 0.6 is 11.3 Å². The summed E-state index contributed by atoms with van der Waals surface area (Å²) in [6.07, 6.45) is -3.70. The Morgan fingerprint density at radius 3 is 2.57 bits per heavy atom. The molecule has 2 rings (SSSR count). The number of amides is 2. The molecule has 5 nitrogen and oxygen atoms in total. The van der Waals surface area contributed by atoms with Gasteiger partial charge in [0.2, 0.25) is 5.91 Å². The second-order valence-electron chi connectivity index (χ2n) is 5.49. The summed E-state index contributed by atoms with van der Waals surface area (Å²) >= 11 is 1.53. The van der Waals surface area contributed by atoms with Crippen molar-refractivity contribution in [1.29, 1.82) is 0 Å². The van der Waals surface area contributed by atoms with Gasteiger partial charge in [-0.3, -0.25) is 9.59 Å². The zero-order chi connectivity index (χ0) is 17.0. The molecule has 9 heteroatoms. The number of alkyl halides is 3. The number of nitrogens with one attached hydrogen (secondary N) is 1. The summed E-state index contributed by atoms with van der Waals surface area (Å²) in [5.74, 6) is -2.34. The molecule has 0 atom stereocenters. The van der Waals surface area contributed by atoms with E-state index in [1.165, 1.54) is 11.3 Å². The second-order valence-corrected chi connectivity index (χ2v) is 6.43. The molecule has 1 saturated heterocycles. The molecular weight excluding hydrogens is 331 g/mol. The zero-order valence-corrected chi connectivity index (χ0v) is 13.5. The lowest BCUT2D eigenvalue weighted by molar-refractivity contribution is -0.186. The highest BCUT2D eigenvalue weighted by molar-refractivity contribution is 7.09. The highest BCUT2D eigenvalue weighted by Crippen LogP contribution is 2.24. The average molecular weight is 349 g/mol. The van der Waals surface area contributed by atoms with Crippen molar-refractivity contribution in [1.82, 2.24) is 15.2 Å². The number of carbonyl (C=O) groups excluding carboxylic acids is 2. The third-order valence-electron chi connectivity index (χ3n) is 3.70. The van der Waals surface area contributed by atoms with Crippen LogP contribution < -0.4 is 5.32 Å². The number of halogens is 3. The Morgan fingerprint density at radius 2 is 2.04 bits per heavy atom. The zero-order valence-electron chi connectivity index (χ0n) is 12.7. The van der Waals surface area contributed by atoms with E-state index in [1.807, 2.05) is 12.3 Å². The number of hydrogen-bond donors (Lipinski definition) is 1. The number of piperidine rings is 1. The summed E-state index contributed by atoms with van der Waals surface area (Å²) in [5.41, 5.74) is 0.943. The van der Waals surface area contributed by atoms with Crippen molar-refractivity contribution in [3.8, 4) is 0 Å². The van der Waals surface area contributed by atoms with Crippen LogP contribution in [0.3, 0.4) is 0 Å². The van der Waals surface area contributed by atoms with Gasteiger partial charge in [-0.15, -0.1) is 11.3 Å². The van der Waals surface area contributed by atoms with E-state index in [2.05, 4.69) is 10.3 Å². The maximum absolute atomic E-state index is 12.3. The molecule has 1 aromatic heterocycles. The monoisotopic (exact) mass is 349 g/mol. The third kappa shape index (κ3) is 4.92. The third-order valence-corrected chi connectivity index (χ3v) is 4.73. The fraction of sp³-hybridized carbons (Fsp3) is 0.643. The first-order chi connectivity index (χ1) is 10.8. The topological polar surface area (TPSA) is 62.3 Å². The Hall–Kier alpha value is -1.64. The Morgan fingerprint density at radius 1 is 1.39 bits per heavy atom. The molecule has 1 fully saturated rings. The summed E-state index contributed by atoms with van der Waals surface area (Å²) in [4.78, 5) is 28.2. The summed E-state index contributed by atoms with van der Waals surface area (Å²) in [6, 6.07) is 0. The fourth-order valence-electron chi connectivity index (χ4n) is 2.48. The predicted octanol–water partition coefficient (Wildman–Crippen LogP) is 1.91. The van der Waals surface area contributed by atoms with Crippen molar-refractivity contribution in [3.63, 3.8) is 0 Å². The molecule has 0 aliphatic carbocycles. The normalized spacial score (nSPS) is 16.4. The van der Waals surface area contributed by atoms with Crippen LogP contribution in [-0.4, -0.2) is 47.5 Å². The van der Waals surface area contributed by atoms with Crippen molar-refractivity contribution < 1.29 is 22.8 Å². The first kappa shape index (κ1) is 17.7. The minimum absolute atomic E-state index is 0.0396. The number of rotatable bonds is 4. The van der Waals surface area contributed by atoms with Gasteiger partial charge in [0.05, 0.1) is 5.01 Å². The lowest BCUT2D eigenvalue weighted by Gasteiger charge is -2.31. The molecule has 2 heterocycles. The summed E-state index contributed by atoms with van der Waals surface area (Å²) in [5, 5.41) is 5.66. The van der Waals surface area contributed by atoms with Gasteiger partial charge in [0, 0.05) is 43.0 Å². The van der Waals surface area contributed by atoms with Gasteiger partial charge in [-0.25, -0.2) is 4.98 Å². The highest BCUT2D eigenvalue weighted by Gasteiger charge is 2.43. The van der Waals surface area contributed by atoms with Crippen LogP contribution in [0.25, 0.3) is 0 Å². The number of aryl methyl sites for hydroxylation is 1. The van der Waals surface area contributed by atoms with Crippen LogP contribution in [0.4, 0.5) is 13.2 Å². The van der Waals surface area contributed by atoms with Crippen molar-refractivity contribution in [2.24, 2.45) is 5.92 Å². The Bertz CT molecular complexity index is 566. The van der Waals surface area contributed by atoms with Crippen molar-refractivity contribution in [2.45, 2.75) is 32.4 Å². The maximum Gasteiger partial charge on any atom is 0.471 e. The van der Waals surface area contributed by atoms with Crippen LogP contribution in [0, 0.1) is 12.8 Å². The van der Waals surface area contributed by atoms with E-state index in [9.17, 15) is 22.8 Å². The van der Waals surface area contributed by atoms with E-state index in [0.29, 0.717) is 13.0 Å². The number of hydrogen-bond acceptors (Lipinski definition) is 4. The minimum atomic E-state index is -4.85. The van der Waals surface area contributed by atoms with E-state index in [-0.39, 0.29) is 37.8 Å². The number of likely N-dealkylation sites (tertiary alicyclic amines) is 1. The van der Waals surface area contributed by atoms with Crippen molar-refractivity contribution in [2.75, 3.05) is 19.6 Å². The molecule has 23 heavy (non-hydrogen) atoms. The second kappa shape index (κ2) is 7.29. The molecule has 0 aromatic carbocycles. The summed E-state index contributed by atoms with van der Waals surface area (Å²) in [6.45, 7) is 2.27. The first-order valence-corrected chi connectivity index (χ1v) is 8.20. The number of nitrogens with zero attached hydrogens (tertiary/aromatic N) is 2. The van der Waals surface area contributed by atoms with Gasteiger partial charge in [0.1, 0.15) is 0 Å². The molecular formula is C14H18F3N3O2S. The van der Waals surface area contributed by atoms with E-state index in [4.69, 9.17) is 0 Å². The average Bonchev–Trinajstić information content (AvgIpc) is 2.91. The Kier molecular flexibility index (Phi) is 5.61. The SMILES string of the molecule is Cc1csc(CCNC(=O)C2CCN(C(=O)C(F)(F)F)CC2)n1. The largest absolute Gasteiger partial charge is 0.471 e. The first-order valence-electron chi connectivity index (χ1n) is 7.32. The van der Waals surface area contributed by atoms with Crippen LogP contribution in [0.15, 0.2) is 5.38 Å². The smallest absolute Gasteiger partial charge is 0.355 e. The molecule has 0 saturated carbocycles. The van der Waals surface area contributed by atoms with Gasteiger partial charge in [-0.05, 0) is 19.8 Å². The number of carbonyl (C=O) groups is 2. The van der Waals surface area contributed by atoms with E-state index < -0.39 is 12.1 Å². The van der Waals surface area contributed by atoms with Crippen LogP contribution in [-0.2, 0) is 16.0 Å². The highest BCUT2D eigenvalue weighted by atomic mass is 32.1. The molecule has 2 amide bonds. The quantitative estimate of drug-likeness (QED) is 0.903. The van der Waals surface area contributed by atoms with Crippen LogP contribution in [0.5, 0.6) is 0 Å². The van der Waals surface area contributed by atoms with Crippen molar-refractivity contribution in [3.05, 3.63) is 16.1 Å². The van der Waals surface area contributed by atoms with Crippen LogP contribution in [0.2, 0.25) is 0 Å². The number of aromatic nitrogens is 1. The molecule has 1 aliphatic heterocycles. The summed E-state index contributed by atoms with van der Waals surface area (Å²) < 4.78 is 37.0. The Labute approximate surface area is 135 Å². The van der Waals surface area contributed by atoms with Crippen LogP contribution in [0.1, 0.15) is 23.5 Å².